The number of amides is 1. The van der Waals surface area contributed by atoms with Gasteiger partial charge in [-0.1, -0.05) is 18.6 Å². The molecule has 0 saturated carbocycles. The van der Waals surface area contributed by atoms with Crippen LogP contribution < -0.4 is 5.32 Å². The van der Waals surface area contributed by atoms with Gasteiger partial charge < -0.3 is 5.32 Å². The maximum Gasteiger partial charge on any atom is 0.243 e. The lowest BCUT2D eigenvalue weighted by atomic mass is 10.1. The summed E-state index contributed by atoms with van der Waals surface area (Å²) in [6.45, 7) is 1.13. The molecule has 1 fully saturated rings. The summed E-state index contributed by atoms with van der Waals surface area (Å²) in [7, 11) is -3.46. The zero-order valence-electron chi connectivity index (χ0n) is 14.9. The smallest absolute Gasteiger partial charge is 0.243 e. The lowest BCUT2D eigenvalue weighted by Crippen LogP contribution is -2.35. The van der Waals surface area contributed by atoms with Crippen molar-refractivity contribution in [1.82, 2.24) is 4.31 Å². The predicted molar refractivity (Wildman–Crippen MR) is 103 cm³/mol. The van der Waals surface area contributed by atoms with Crippen molar-refractivity contribution in [2.75, 3.05) is 18.4 Å². The summed E-state index contributed by atoms with van der Waals surface area (Å²) in [5.74, 6) is -0.202. The van der Waals surface area contributed by atoms with Gasteiger partial charge in [0.15, 0.2) is 0 Å². The van der Waals surface area contributed by atoms with Crippen molar-refractivity contribution in [1.29, 1.82) is 5.26 Å². The van der Waals surface area contributed by atoms with Crippen molar-refractivity contribution in [3.63, 3.8) is 0 Å². The molecule has 0 unspecified atom stereocenters. The van der Waals surface area contributed by atoms with Crippen LogP contribution in [0.1, 0.15) is 30.4 Å². The minimum absolute atomic E-state index is 0.143. The molecule has 6 nitrogen and oxygen atoms in total. The Labute approximate surface area is 159 Å². The maximum absolute atomic E-state index is 12.6. The van der Waals surface area contributed by atoms with E-state index in [1.807, 2.05) is 6.07 Å². The van der Waals surface area contributed by atoms with Crippen LogP contribution >= 0.6 is 0 Å². The molecular weight excluding hydrogens is 362 g/mol. The highest BCUT2D eigenvalue weighted by Gasteiger charge is 2.25. The third-order valence-electron chi connectivity index (χ3n) is 4.54. The molecule has 1 aliphatic heterocycles. The third-order valence-corrected chi connectivity index (χ3v) is 6.45. The molecule has 0 aromatic heterocycles. The van der Waals surface area contributed by atoms with Crippen molar-refractivity contribution >= 4 is 21.6 Å². The van der Waals surface area contributed by atoms with Gasteiger partial charge in [0, 0.05) is 18.8 Å². The number of carbonyl (C=O) groups is 1. The van der Waals surface area contributed by atoms with Crippen molar-refractivity contribution in [3.05, 3.63) is 59.7 Å². The van der Waals surface area contributed by atoms with E-state index in [4.69, 9.17) is 5.26 Å². The van der Waals surface area contributed by atoms with E-state index in [9.17, 15) is 13.2 Å². The Morgan fingerprint density at radius 2 is 1.63 bits per heavy atom. The van der Waals surface area contributed by atoms with Gasteiger partial charge in [-0.05, 0) is 54.8 Å². The molecule has 140 valence electrons. The second kappa shape index (κ2) is 8.33. The number of hydrogen-bond donors (Lipinski definition) is 1. The van der Waals surface area contributed by atoms with Gasteiger partial charge in [0.05, 0.1) is 22.9 Å². The van der Waals surface area contributed by atoms with Crippen LogP contribution in [0.15, 0.2) is 53.4 Å². The van der Waals surface area contributed by atoms with E-state index in [0.717, 1.165) is 24.8 Å². The molecule has 0 radical (unpaired) electrons. The number of sulfonamides is 1. The fourth-order valence-electron chi connectivity index (χ4n) is 3.05. The van der Waals surface area contributed by atoms with Crippen LogP contribution in [0.2, 0.25) is 0 Å². The summed E-state index contributed by atoms with van der Waals surface area (Å²) in [5, 5.41) is 11.5. The molecule has 0 atom stereocenters. The van der Waals surface area contributed by atoms with Crippen molar-refractivity contribution in [2.45, 2.75) is 30.6 Å². The van der Waals surface area contributed by atoms with E-state index in [0.29, 0.717) is 24.3 Å². The van der Waals surface area contributed by atoms with E-state index in [2.05, 4.69) is 5.32 Å². The molecule has 0 bridgehead atoms. The number of nitrogens with one attached hydrogen (secondary N) is 1. The number of benzene rings is 2. The van der Waals surface area contributed by atoms with E-state index >= 15 is 0 Å². The molecule has 0 spiro atoms. The van der Waals surface area contributed by atoms with Crippen LogP contribution in [0.25, 0.3) is 0 Å². The van der Waals surface area contributed by atoms with E-state index in [1.54, 1.807) is 48.5 Å². The molecule has 1 amide bonds. The molecule has 0 aliphatic carbocycles. The van der Waals surface area contributed by atoms with Gasteiger partial charge in [-0.3, -0.25) is 4.79 Å². The zero-order valence-corrected chi connectivity index (χ0v) is 15.7. The summed E-state index contributed by atoms with van der Waals surface area (Å²) in [6.07, 6.45) is 3.00. The average molecular weight is 383 g/mol. The minimum atomic E-state index is -3.46. The molecule has 27 heavy (non-hydrogen) atoms. The first-order valence-electron chi connectivity index (χ1n) is 8.88. The van der Waals surface area contributed by atoms with Crippen LogP contribution in [0.5, 0.6) is 0 Å². The third kappa shape index (κ3) is 4.73. The highest BCUT2D eigenvalue weighted by Crippen LogP contribution is 2.21. The number of carbonyl (C=O) groups excluding carboxylic acids is 1. The fraction of sp³-hybridized carbons (Fsp3) is 0.300. The summed E-state index contributed by atoms with van der Waals surface area (Å²) in [4.78, 5) is 12.4. The van der Waals surface area contributed by atoms with Gasteiger partial charge in [0.1, 0.15) is 0 Å². The first-order valence-corrected chi connectivity index (χ1v) is 10.3. The topological polar surface area (TPSA) is 90.3 Å². The van der Waals surface area contributed by atoms with Crippen LogP contribution in [0.3, 0.4) is 0 Å². The van der Waals surface area contributed by atoms with Gasteiger partial charge in [-0.25, -0.2) is 8.42 Å². The van der Waals surface area contributed by atoms with Gasteiger partial charge in [0.2, 0.25) is 15.9 Å². The van der Waals surface area contributed by atoms with E-state index in [-0.39, 0.29) is 17.2 Å². The van der Waals surface area contributed by atoms with Crippen LogP contribution in [0, 0.1) is 11.3 Å². The zero-order chi connectivity index (χ0) is 19.3. The normalized spacial score (nSPS) is 15.1. The van der Waals surface area contributed by atoms with Crippen molar-refractivity contribution in [2.24, 2.45) is 0 Å². The van der Waals surface area contributed by atoms with Crippen LogP contribution in [-0.2, 0) is 21.2 Å². The summed E-state index contributed by atoms with van der Waals surface area (Å²) in [6, 6.07) is 15.1. The molecule has 2 aromatic carbocycles. The number of hydrogen-bond acceptors (Lipinski definition) is 4. The first kappa shape index (κ1) is 19.1. The molecular formula is C20H21N3O3S. The van der Waals surface area contributed by atoms with Gasteiger partial charge in [-0.15, -0.1) is 0 Å². The maximum atomic E-state index is 12.6. The summed E-state index contributed by atoms with van der Waals surface area (Å²) in [5.41, 5.74) is 1.88. The lowest BCUT2D eigenvalue weighted by molar-refractivity contribution is -0.115. The molecule has 2 aromatic rings. The standard InChI is InChI=1S/C20H21N3O3S/c21-15-17-4-8-18(9-5-17)22-20(24)14-16-6-10-19(11-7-16)27(25,26)23-12-2-1-3-13-23/h4-11H,1-3,12-14H2,(H,22,24). The Hall–Kier alpha value is -2.69. The van der Waals surface area contributed by atoms with Gasteiger partial charge >= 0.3 is 0 Å². The second-order valence-electron chi connectivity index (χ2n) is 6.52. The number of piperidine rings is 1. The molecule has 1 N–H and O–H groups in total. The SMILES string of the molecule is N#Cc1ccc(NC(=O)Cc2ccc(S(=O)(=O)N3CCCCC3)cc2)cc1. The quantitative estimate of drug-likeness (QED) is 0.859. The van der Waals surface area contributed by atoms with Crippen LogP contribution in [0.4, 0.5) is 5.69 Å². The highest BCUT2D eigenvalue weighted by molar-refractivity contribution is 7.89. The molecule has 1 saturated heterocycles. The molecule has 7 heteroatoms. The predicted octanol–water partition coefficient (Wildman–Crippen LogP) is 2.91. The minimum Gasteiger partial charge on any atom is -0.326 e. The highest BCUT2D eigenvalue weighted by atomic mass is 32.2. The van der Waals surface area contributed by atoms with Crippen molar-refractivity contribution < 1.29 is 13.2 Å². The Balaban J connectivity index is 1.63. The largest absolute Gasteiger partial charge is 0.326 e. The monoisotopic (exact) mass is 383 g/mol. The second-order valence-corrected chi connectivity index (χ2v) is 8.46. The Morgan fingerprint density at radius 3 is 2.22 bits per heavy atom. The number of anilines is 1. The number of nitrogens with zero attached hydrogens (tertiary/aromatic N) is 2. The summed E-state index contributed by atoms with van der Waals surface area (Å²) < 4.78 is 26.8. The Bertz CT molecular complexity index is 939. The Morgan fingerprint density at radius 1 is 1.00 bits per heavy atom. The van der Waals surface area contributed by atoms with Gasteiger partial charge in [-0.2, -0.15) is 9.57 Å². The summed E-state index contributed by atoms with van der Waals surface area (Å²) >= 11 is 0. The van der Waals surface area contributed by atoms with Crippen LogP contribution in [-0.4, -0.2) is 31.7 Å². The molecule has 1 heterocycles. The Kier molecular flexibility index (Phi) is 5.89. The first-order chi connectivity index (χ1) is 13.0. The van der Waals surface area contributed by atoms with Crippen molar-refractivity contribution in [3.8, 4) is 6.07 Å². The van der Waals surface area contributed by atoms with E-state index < -0.39 is 10.0 Å². The molecule has 1 aliphatic rings. The average Bonchev–Trinajstić information content (AvgIpc) is 2.69. The van der Waals surface area contributed by atoms with Gasteiger partial charge in [0.25, 0.3) is 0 Å². The fourth-order valence-corrected chi connectivity index (χ4v) is 4.57. The number of rotatable bonds is 5. The van der Waals surface area contributed by atoms with E-state index in [1.165, 1.54) is 4.31 Å². The molecule has 3 rings (SSSR count). The number of nitriles is 1. The lowest BCUT2D eigenvalue weighted by Gasteiger charge is -2.25.